The van der Waals surface area contributed by atoms with E-state index in [9.17, 15) is 15.1 Å². The van der Waals surface area contributed by atoms with E-state index >= 15 is 0 Å². The van der Waals surface area contributed by atoms with E-state index in [1.165, 1.54) is 11.8 Å². The standard InChI is InChI=1S/C12H18BN3O3S/c1-13(17)15-7-5-14(6-8-15)10-3-4-12(20-2)11(9-10)16(18)19/h3-4,9,17H,5-8H2,1-2H3. The third kappa shape index (κ3) is 3.25. The lowest BCUT2D eigenvalue weighted by Crippen LogP contribution is -2.51. The van der Waals surface area contributed by atoms with Crippen LogP contribution in [-0.2, 0) is 0 Å². The lowest BCUT2D eigenvalue weighted by atomic mass is 9.84. The molecule has 0 radical (unpaired) electrons. The Morgan fingerprint density at radius 3 is 2.50 bits per heavy atom. The van der Waals surface area contributed by atoms with Gasteiger partial charge in [-0.2, -0.15) is 0 Å². The van der Waals surface area contributed by atoms with Crippen molar-refractivity contribution in [3.63, 3.8) is 0 Å². The van der Waals surface area contributed by atoms with Crippen LogP contribution in [0.5, 0.6) is 0 Å². The number of nitro benzene ring substituents is 1. The molecule has 0 aliphatic carbocycles. The van der Waals surface area contributed by atoms with Crippen LogP contribution in [0.3, 0.4) is 0 Å². The van der Waals surface area contributed by atoms with Crippen molar-refractivity contribution < 1.29 is 9.95 Å². The monoisotopic (exact) mass is 295 g/mol. The fourth-order valence-electron chi connectivity index (χ4n) is 2.37. The number of thioether (sulfide) groups is 1. The van der Waals surface area contributed by atoms with Crippen molar-refractivity contribution in [1.29, 1.82) is 0 Å². The first-order chi connectivity index (χ1) is 9.52. The van der Waals surface area contributed by atoms with E-state index < -0.39 is 7.05 Å². The Balaban J connectivity index is 2.14. The smallest absolute Gasteiger partial charge is 0.376 e. The summed E-state index contributed by atoms with van der Waals surface area (Å²) in [7, 11) is -0.439. The molecule has 1 heterocycles. The van der Waals surface area contributed by atoms with Crippen LogP contribution in [0.4, 0.5) is 11.4 Å². The van der Waals surface area contributed by atoms with E-state index in [-0.39, 0.29) is 10.6 Å². The molecule has 1 fully saturated rings. The van der Waals surface area contributed by atoms with Crippen molar-refractivity contribution in [3.8, 4) is 0 Å². The fraction of sp³-hybridized carbons (Fsp3) is 0.500. The lowest BCUT2D eigenvalue weighted by molar-refractivity contribution is -0.387. The van der Waals surface area contributed by atoms with Gasteiger partial charge in [0.2, 0.25) is 0 Å². The molecule has 0 spiro atoms. The van der Waals surface area contributed by atoms with Crippen LogP contribution in [0.15, 0.2) is 23.1 Å². The normalized spacial score (nSPS) is 16.2. The van der Waals surface area contributed by atoms with Gasteiger partial charge in [0.15, 0.2) is 0 Å². The predicted octanol–water partition coefficient (Wildman–Crippen LogP) is 1.55. The molecule has 1 aromatic carbocycles. The second-order valence-electron chi connectivity index (χ2n) is 4.77. The molecule has 108 valence electrons. The van der Waals surface area contributed by atoms with Crippen LogP contribution >= 0.6 is 11.8 Å². The van der Waals surface area contributed by atoms with E-state index in [1.807, 2.05) is 17.1 Å². The van der Waals surface area contributed by atoms with E-state index in [0.717, 1.165) is 31.9 Å². The largest absolute Gasteiger partial charge is 0.437 e. The summed E-state index contributed by atoms with van der Waals surface area (Å²) in [5.74, 6) is 0. The van der Waals surface area contributed by atoms with E-state index in [4.69, 9.17) is 0 Å². The van der Waals surface area contributed by atoms with Crippen molar-refractivity contribution in [3.05, 3.63) is 28.3 Å². The molecular formula is C12H18BN3O3S. The molecule has 0 unspecified atom stereocenters. The maximum atomic E-state index is 11.1. The zero-order chi connectivity index (χ0) is 14.7. The molecule has 20 heavy (non-hydrogen) atoms. The van der Waals surface area contributed by atoms with Gasteiger partial charge < -0.3 is 14.7 Å². The third-order valence-electron chi connectivity index (χ3n) is 3.57. The summed E-state index contributed by atoms with van der Waals surface area (Å²) in [4.78, 5) is 15.5. The van der Waals surface area contributed by atoms with Gasteiger partial charge in [0.25, 0.3) is 5.69 Å². The Hall–Kier alpha value is -1.25. The van der Waals surface area contributed by atoms with Crippen molar-refractivity contribution in [1.82, 2.24) is 4.81 Å². The molecule has 1 aliphatic rings. The quantitative estimate of drug-likeness (QED) is 0.393. The van der Waals surface area contributed by atoms with Crippen LogP contribution < -0.4 is 4.90 Å². The maximum absolute atomic E-state index is 11.1. The number of hydrogen-bond acceptors (Lipinski definition) is 6. The summed E-state index contributed by atoms with van der Waals surface area (Å²) in [5.41, 5.74) is 1.03. The Bertz CT molecular complexity index is 493. The topological polar surface area (TPSA) is 69.8 Å². The second-order valence-corrected chi connectivity index (χ2v) is 5.62. The van der Waals surface area contributed by atoms with E-state index in [1.54, 1.807) is 19.0 Å². The molecule has 0 aromatic heterocycles. The molecule has 0 amide bonds. The lowest BCUT2D eigenvalue weighted by Gasteiger charge is -2.36. The van der Waals surface area contributed by atoms with Gasteiger partial charge in [-0.05, 0) is 25.2 Å². The highest BCUT2D eigenvalue weighted by molar-refractivity contribution is 7.98. The Kier molecular flexibility index (Phi) is 4.90. The van der Waals surface area contributed by atoms with Gasteiger partial charge in [0.05, 0.1) is 9.82 Å². The maximum Gasteiger partial charge on any atom is 0.376 e. The molecule has 0 atom stereocenters. The van der Waals surface area contributed by atoms with E-state index in [2.05, 4.69) is 4.90 Å². The molecular weight excluding hydrogens is 277 g/mol. The van der Waals surface area contributed by atoms with Crippen molar-refractivity contribution in [2.75, 3.05) is 37.3 Å². The second kappa shape index (κ2) is 6.47. The number of anilines is 1. The molecule has 8 heteroatoms. The first-order valence-electron chi connectivity index (χ1n) is 6.52. The van der Waals surface area contributed by atoms with Gasteiger partial charge in [-0.3, -0.25) is 10.1 Å². The molecule has 1 aliphatic heterocycles. The summed E-state index contributed by atoms with van der Waals surface area (Å²) < 4.78 is 0. The van der Waals surface area contributed by atoms with Gasteiger partial charge in [-0.1, -0.05) is 0 Å². The zero-order valence-electron chi connectivity index (χ0n) is 11.7. The highest BCUT2D eigenvalue weighted by Gasteiger charge is 2.24. The number of nitrogens with zero attached hydrogens (tertiary/aromatic N) is 3. The molecule has 0 saturated carbocycles. The summed E-state index contributed by atoms with van der Waals surface area (Å²) in [6.07, 6.45) is 1.84. The van der Waals surface area contributed by atoms with Crippen LogP contribution in [0.25, 0.3) is 0 Å². The van der Waals surface area contributed by atoms with Gasteiger partial charge in [-0.15, -0.1) is 11.8 Å². The van der Waals surface area contributed by atoms with Gasteiger partial charge in [0.1, 0.15) is 0 Å². The number of benzene rings is 1. The SMILES string of the molecule is CSc1ccc(N2CCN(B(C)O)CC2)cc1[N+](=O)[O-]. The minimum atomic E-state index is -0.439. The highest BCUT2D eigenvalue weighted by atomic mass is 32.2. The zero-order valence-corrected chi connectivity index (χ0v) is 12.5. The minimum absolute atomic E-state index is 0.160. The Labute approximate surface area is 123 Å². The molecule has 1 aromatic rings. The Morgan fingerprint density at radius 2 is 2.00 bits per heavy atom. The third-order valence-corrected chi connectivity index (χ3v) is 4.35. The number of nitro groups is 1. The van der Waals surface area contributed by atoms with Gasteiger partial charge in [-0.25, -0.2) is 0 Å². The minimum Gasteiger partial charge on any atom is -0.437 e. The summed E-state index contributed by atoms with van der Waals surface area (Å²) in [5, 5.41) is 20.6. The average molecular weight is 295 g/mol. The number of piperazine rings is 1. The molecule has 6 nitrogen and oxygen atoms in total. The summed E-state index contributed by atoms with van der Waals surface area (Å²) in [6, 6.07) is 5.37. The molecule has 0 bridgehead atoms. The molecule has 1 saturated heterocycles. The summed E-state index contributed by atoms with van der Waals surface area (Å²) >= 11 is 1.38. The van der Waals surface area contributed by atoms with Crippen LogP contribution in [0.2, 0.25) is 6.82 Å². The molecule has 2 rings (SSSR count). The number of hydrogen-bond donors (Lipinski definition) is 1. The first kappa shape index (κ1) is 15.1. The van der Waals surface area contributed by atoms with Crippen molar-refractivity contribution in [2.45, 2.75) is 11.7 Å². The summed E-state index contributed by atoms with van der Waals surface area (Å²) in [6.45, 7) is 4.81. The van der Waals surface area contributed by atoms with Crippen molar-refractivity contribution in [2.24, 2.45) is 0 Å². The number of rotatable bonds is 4. The van der Waals surface area contributed by atoms with Crippen LogP contribution in [0.1, 0.15) is 0 Å². The van der Waals surface area contributed by atoms with Gasteiger partial charge >= 0.3 is 7.05 Å². The highest BCUT2D eigenvalue weighted by Crippen LogP contribution is 2.31. The van der Waals surface area contributed by atoms with Crippen molar-refractivity contribution >= 4 is 30.2 Å². The fourth-order valence-corrected chi connectivity index (χ4v) is 2.92. The van der Waals surface area contributed by atoms with Crippen LogP contribution in [-0.4, -0.2) is 54.2 Å². The van der Waals surface area contributed by atoms with E-state index in [0.29, 0.717) is 4.90 Å². The first-order valence-corrected chi connectivity index (χ1v) is 7.75. The van der Waals surface area contributed by atoms with Crippen LogP contribution in [0, 0.1) is 10.1 Å². The average Bonchev–Trinajstić information content (AvgIpc) is 2.46. The predicted molar refractivity (Wildman–Crippen MR) is 82.5 cm³/mol. The van der Waals surface area contributed by atoms with Gasteiger partial charge in [0, 0.05) is 37.9 Å². The Morgan fingerprint density at radius 1 is 1.35 bits per heavy atom. The molecule has 1 N–H and O–H groups in total.